The molecule has 1 aromatic heterocycles. The molecular formula is C14H19NO4. The molecule has 5 nitrogen and oxygen atoms in total. The quantitative estimate of drug-likeness (QED) is 0.785. The second kappa shape index (κ2) is 5.82. The van der Waals surface area contributed by atoms with Crippen molar-refractivity contribution in [2.24, 2.45) is 0 Å². The summed E-state index contributed by atoms with van der Waals surface area (Å²) in [6.45, 7) is 7.19. The summed E-state index contributed by atoms with van der Waals surface area (Å²) >= 11 is 0. The van der Waals surface area contributed by atoms with E-state index in [-0.39, 0.29) is 11.7 Å². The first-order chi connectivity index (χ1) is 8.74. The second-order valence-corrected chi connectivity index (χ2v) is 5.22. The summed E-state index contributed by atoms with van der Waals surface area (Å²) in [7, 11) is 1.29. The summed E-state index contributed by atoms with van der Waals surface area (Å²) in [6, 6.07) is 3.20. The minimum absolute atomic E-state index is 0.211. The number of aromatic nitrogens is 1. The fourth-order valence-electron chi connectivity index (χ4n) is 1.41. The third-order valence-electron chi connectivity index (χ3n) is 2.44. The van der Waals surface area contributed by atoms with Gasteiger partial charge >= 0.3 is 11.9 Å². The summed E-state index contributed by atoms with van der Waals surface area (Å²) < 4.78 is 9.85. The van der Waals surface area contributed by atoms with Gasteiger partial charge in [-0.1, -0.05) is 6.07 Å². The van der Waals surface area contributed by atoms with Crippen molar-refractivity contribution >= 4 is 11.9 Å². The molecule has 1 unspecified atom stereocenters. The van der Waals surface area contributed by atoms with Gasteiger partial charge in [0, 0.05) is 6.20 Å². The van der Waals surface area contributed by atoms with Gasteiger partial charge in [0.25, 0.3) is 0 Å². The van der Waals surface area contributed by atoms with E-state index in [0.717, 1.165) is 0 Å². The van der Waals surface area contributed by atoms with E-state index in [9.17, 15) is 9.59 Å². The van der Waals surface area contributed by atoms with E-state index in [1.807, 2.05) is 20.8 Å². The number of carbonyl (C=O) groups is 2. The first-order valence-electron chi connectivity index (χ1n) is 6.01. The van der Waals surface area contributed by atoms with Crippen LogP contribution in [0.1, 0.15) is 49.7 Å². The van der Waals surface area contributed by atoms with Crippen LogP contribution in [0.25, 0.3) is 0 Å². The highest BCUT2D eigenvalue weighted by Crippen LogP contribution is 2.19. The Balaban J connectivity index is 2.80. The van der Waals surface area contributed by atoms with Gasteiger partial charge < -0.3 is 9.47 Å². The number of rotatable bonds is 3. The van der Waals surface area contributed by atoms with Crippen LogP contribution >= 0.6 is 0 Å². The van der Waals surface area contributed by atoms with Crippen molar-refractivity contribution < 1.29 is 19.1 Å². The third kappa shape index (κ3) is 4.35. The van der Waals surface area contributed by atoms with Crippen molar-refractivity contribution in [1.29, 1.82) is 0 Å². The predicted octanol–water partition coefficient (Wildman–Crippen LogP) is 2.31. The molecule has 0 radical (unpaired) electrons. The third-order valence-corrected chi connectivity index (χ3v) is 2.44. The molecule has 0 spiro atoms. The second-order valence-electron chi connectivity index (χ2n) is 5.22. The topological polar surface area (TPSA) is 65.5 Å². The molecule has 0 aromatic carbocycles. The van der Waals surface area contributed by atoms with Crippen LogP contribution in [0.15, 0.2) is 18.3 Å². The molecular weight excluding hydrogens is 246 g/mol. The average molecular weight is 265 g/mol. The zero-order valence-electron chi connectivity index (χ0n) is 11.9. The summed E-state index contributed by atoms with van der Waals surface area (Å²) in [5, 5.41) is 0. The van der Waals surface area contributed by atoms with Crippen molar-refractivity contribution in [2.75, 3.05) is 7.11 Å². The lowest BCUT2D eigenvalue weighted by Gasteiger charge is -2.22. The van der Waals surface area contributed by atoms with Crippen molar-refractivity contribution in [2.45, 2.75) is 39.2 Å². The van der Waals surface area contributed by atoms with Gasteiger partial charge in [-0.25, -0.2) is 9.78 Å². The lowest BCUT2D eigenvalue weighted by molar-refractivity contribution is -0.156. The smallest absolute Gasteiger partial charge is 0.356 e. The number of ether oxygens (including phenoxy) is 2. The van der Waals surface area contributed by atoms with Crippen LogP contribution in [0.5, 0.6) is 0 Å². The van der Waals surface area contributed by atoms with Crippen LogP contribution in [0.3, 0.4) is 0 Å². The van der Waals surface area contributed by atoms with E-state index in [1.54, 1.807) is 13.0 Å². The summed E-state index contributed by atoms with van der Waals surface area (Å²) in [5.41, 5.74) is 0.384. The van der Waals surface area contributed by atoms with Crippen molar-refractivity contribution in [1.82, 2.24) is 4.98 Å². The molecule has 5 heteroatoms. The Morgan fingerprint density at radius 1 is 1.26 bits per heavy atom. The average Bonchev–Trinajstić information content (AvgIpc) is 2.35. The molecule has 0 aliphatic rings. The maximum atomic E-state index is 11.9. The molecule has 0 amide bonds. The molecule has 0 saturated heterocycles. The maximum Gasteiger partial charge on any atom is 0.356 e. The molecule has 0 fully saturated rings. The number of hydrogen-bond acceptors (Lipinski definition) is 5. The predicted molar refractivity (Wildman–Crippen MR) is 69.8 cm³/mol. The number of carbonyl (C=O) groups excluding carboxylic acids is 2. The van der Waals surface area contributed by atoms with Crippen molar-refractivity contribution in [3.05, 3.63) is 29.6 Å². The monoisotopic (exact) mass is 265 g/mol. The minimum atomic E-state index is -0.523. The van der Waals surface area contributed by atoms with E-state index in [4.69, 9.17) is 4.74 Å². The van der Waals surface area contributed by atoms with E-state index in [2.05, 4.69) is 9.72 Å². The Labute approximate surface area is 112 Å². The lowest BCUT2D eigenvalue weighted by atomic mass is 10.0. The van der Waals surface area contributed by atoms with Crippen LogP contribution in [-0.4, -0.2) is 29.6 Å². The fraction of sp³-hybridized carbons (Fsp3) is 0.500. The van der Waals surface area contributed by atoms with Crippen LogP contribution < -0.4 is 0 Å². The molecule has 0 bridgehead atoms. The van der Waals surface area contributed by atoms with Crippen molar-refractivity contribution in [3.63, 3.8) is 0 Å². The molecule has 0 aliphatic heterocycles. The number of nitrogens with zero attached hydrogens (tertiary/aromatic N) is 1. The first kappa shape index (κ1) is 15.1. The molecule has 1 heterocycles. The number of methoxy groups -OCH3 is 1. The maximum absolute atomic E-state index is 11.9. The molecule has 0 N–H and O–H groups in total. The zero-order valence-corrected chi connectivity index (χ0v) is 11.9. The normalized spacial score (nSPS) is 12.7. The Kier molecular flexibility index (Phi) is 4.64. The highest BCUT2D eigenvalue weighted by molar-refractivity contribution is 5.87. The van der Waals surface area contributed by atoms with E-state index in [1.165, 1.54) is 19.4 Å². The fourth-order valence-corrected chi connectivity index (χ4v) is 1.41. The zero-order chi connectivity index (χ0) is 14.6. The Morgan fingerprint density at radius 2 is 1.89 bits per heavy atom. The lowest BCUT2D eigenvalue weighted by Crippen LogP contribution is -2.26. The Morgan fingerprint density at radius 3 is 2.32 bits per heavy atom. The minimum Gasteiger partial charge on any atom is -0.464 e. The highest BCUT2D eigenvalue weighted by atomic mass is 16.6. The summed E-state index contributed by atoms with van der Waals surface area (Å²) in [4.78, 5) is 27.1. The van der Waals surface area contributed by atoms with E-state index < -0.39 is 17.5 Å². The summed E-state index contributed by atoms with van der Waals surface area (Å²) in [6.07, 6.45) is 1.49. The van der Waals surface area contributed by atoms with Crippen LogP contribution in [-0.2, 0) is 14.3 Å². The largest absolute Gasteiger partial charge is 0.464 e. The van der Waals surface area contributed by atoms with Gasteiger partial charge in [-0.3, -0.25) is 4.79 Å². The first-order valence-corrected chi connectivity index (χ1v) is 6.01. The molecule has 0 aliphatic carbocycles. The summed E-state index contributed by atoms with van der Waals surface area (Å²) in [5.74, 6) is -1.25. The van der Waals surface area contributed by atoms with Gasteiger partial charge in [0.1, 0.15) is 11.3 Å². The molecule has 1 rings (SSSR count). The van der Waals surface area contributed by atoms with Gasteiger partial charge in [0.15, 0.2) is 0 Å². The number of esters is 2. The SMILES string of the molecule is COC(=O)c1ccc(C(C)C(=O)OC(C)(C)C)cn1. The molecule has 0 saturated carbocycles. The van der Waals surface area contributed by atoms with Gasteiger partial charge in [-0.2, -0.15) is 0 Å². The van der Waals surface area contributed by atoms with Crippen LogP contribution in [0.2, 0.25) is 0 Å². The number of hydrogen-bond donors (Lipinski definition) is 0. The molecule has 19 heavy (non-hydrogen) atoms. The Bertz CT molecular complexity index is 459. The van der Waals surface area contributed by atoms with Gasteiger partial charge in [-0.05, 0) is 39.3 Å². The van der Waals surface area contributed by atoms with Gasteiger partial charge in [-0.15, -0.1) is 0 Å². The Hall–Kier alpha value is -1.91. The van der Waals surface area contributed by atoms with Crippen LogP contribution in [0.4, 0.5) is 0 Å². The van der Waals surface area contributed by atoms with Gasteiger partial charge in [0.05, 0.1) is 13.0 Å². The van der Waals surface area contributed by atoms with E-state index in [0.29, 0.717) is 5.56 Å². The van der Waals surface area contributed by atoms with Gasteiger partial charge in [0.2, 0.25) is 0 Å². The standard InChI is InChI=1S/C14H19NO4/c1-9(12(16)19-14(2,3)4)10-6-7-11(15-8-10)13(17)18-5/h6-9H,1-5H3. The molecule has 1 aromatic rings. The van der Waals surface area contributed by atoms with Crippen LogP contribution in [0, 0.1) is 0 Å². The molecule has 104 valence electrons. The highest BCUT2D eigenvalue weighted by Gasteiger charge is 2.23. The van der Waals surface area contributed by atoms with E-state index >= 15 is 0 Å². The number of pyridine rings is 1. The molecule has 1 atom stereocenters. The van der Waals surface area contributed by atoms with Crippen molar-refractivity contribution in [3.8, 4) is 0 Å².